The molecule has 120 valence electrons. The maximum atomic E-state index is 3.76. The van der Waals surface area contributed by atoms with Gasteiger partial charge < -0.3 is 0 Å². The Kier molecular flexibility index (Phi) is 4.49. The number of rotatable bonds is 3. The van der Waals surface area contributed by atoms with Crippen LogP contribution in [0.1, 0.15) is 0 Å². The van der Waals surface area contributed by atoms with Gasteiger partial charge in [-0.3, -0.25) is 0 Å². The molecule has 0 radical (unpaired) electrons. The molecule has 0 aromatic heterocycles. The van der Waals surface area contributed by atoms with Gasteiger partial charge in [-0.2, -0.15) is 0 Å². The molecule has 0 atom stereocenters. The summed E-state index contributed by atoms with van der Waals surface area (Å²) in [7, 11) is 0. The Balaban J connectivity index is 1.98. The van der Waals surface area contributed by atoms with Gasteiger partial charge in [-0.1, -0.05) is 113 Å². The highest BCUT2D eigenvalue weighted by molar-refractivity contribution is 9.10. The molecule has 0 saturated carbocycles. The van der Waals surface area contributed by atoms with Crippen LogP contribution in [-0.4, -0.2) is 0 Å². The third-order valence-electron chi connectivity index (χ3n) is 4.38. The van der Waals surface area contributed by atoms with Crippen LogP contribution in [0.25, 0.3) is 33.4 Å². The average Bonchev–Trinajstić information content (AvgIpc) is 2.69. The fourth-order valence-electron chi connectivity index (χ4n) is 3.23. The zero-order chi connectivity index (χ0) is 17.1. The maximum absolute atomic E-state index is 3.76. The molecule has 0 bridgehead atoms. The molecule has 0 unspecified atom stereocenters. The standard InChI is InChI=1S/C24H17Br/c25-23-17-9-16-22(24(23)19-12-5-2-6-13-19)21-15-8-7-14-20(21)18-10-3-1-4-11-18/h1-17H. The van der Waals surface area contributed by atoms with Crippen LogP contribution in [-0.2, 0) is 0 Å². The first kappa shape index (κ1) is 15.9. The third-order valence-corrected chi connectivity index (χ3v) is 5.04. The number of hydrogen-bond donors (Lipinski definition) is 0. The number of benzene rings is 4. The molecule has 0 N–H and O–H groups in total. The van der Waals surface area contributed by atoms with E-state index in [4.69, 9.17) is 0 Å². The van der Waals surface area contributed by atoms with Crippen molar-refractivity contribution >= 4 is 15.9 Å². The second kappa shape index (κ2) is 7.08. The Morgan fingerprint density at radius 1 is 0.400 bits per heavy atom. The van der Waals surface area contributed by atoms with Gasteiger partial charge in [0.25, 0.3) is 0 Å². The summed E-state index contributed by atoms with van der Waals surface area (Å²) >= 11 is 3.76. The fourth-order valence-corrected chi connectivity index (χ4v) is 3.83. The molecular formula is C24H17Br. The van der Waals surface area contributed by atoms with Gasteiger partial charge in [0.15, 0.2) is 0 Å². The van der Waals surface area contributed by atoms with Crippen molar-refractivity contribution in [3.8, 4) is 33.4 Å². The number of halogens is 1. The molecule has 4 aromatic rings. The minimum atomic E-state index is 1.11. The van der Waals surface area contributed by atoms with Crippen LogP contribution < -0.4 is 0 Å². The summed E-state index contributed by atoms with van der Waals surface area (Å²) in [5, 5.41) is 0. The van der Waals surface area contributed by atoms with E-state index in [-0.39, 0.29) is 0 Å². The predicted octanol–water partition coefficient (Wildman–Crippen LogP) is 7.45. The summed E-state index contributed by atoms with van der Waals surface area (Å²) in [4.78, 5) is 0. The van der Waals surface area contributed by atoms with E-state index in [1.165, 1.54) is 33.4 Å². The molecule has 4 rings (SSSR count). The van der Waals surface area contributed by atoms with Crippen molar-refractivity contribution < 1.29 is 0 Å². The zero-order valence-electron chi connectivity index (χ0n) is 13.7. The molecule has 0 amide bonds. The lowest BCUT2D eigenvalue weighted by atomic mass is 9.89. The van der Waals surface area contributed by atoms with Gasteiger partial charge >= 0.3 is 0 Å². The molecule has 0 heterocycles. The molecule has 0 aliphatic rings. The van der Waals surface area contributed by atoms with Crippen molar-refractivity contribution in [1.82, 2.24) is 0 Å². The van der Waals surface area contributed by atoms with Gasteiger partial charge in [-0.05, 0) is 33.9 Å². The van der Waals surface area contributed by atoms with Crippen molar-refractivity contribution in [2.24, 2.45) is 0 Å². The van der Waals surface area contributed by atoms with Crippen molar-refractivity contribution in [1.29, 1.82) is 0 Å². The van der Waals surface area contributed by atoms with Crippen molar-refractivity contribution in [3.63, 3.8) is 0 Å². The molecule has 4 aromatic carbocycles. The second-order valence-corrected chi connectivity index (χ2v) is 6.79. The molecule has 0 aliphatic heterocycles. The van der Waals surface area contributed by atoms with E-state index in [1.807, 2.05) is 0 Å². The van der Waals surface area contributed by atoms with Gasteiger partial charge in [-0.25, -0.2) is 0 Å². The highest BCUT2D eigenvalue weighted by atomic mass is 79.9. The van der Waals surface area contributed by atoms with Crippen LogP contribution in [0.3, 0.4) is 0 Å². The van der Waals surface area contributed by atoms with E-state index >= 15 is 0 Å². The van der Waals surface area contributed by atoms with Gasteiger partial charge in [0.05, 0.1) is 0 Å². The average molecular weight is 385 g/mol. The van der Waals surface area contributed by atoms with E-state index < -0.39 is 0 Å². The lowest BCUT2D eigenvalue weighted by molar-refractivity contribution is 1.54. The highest BCUT2D eigenvalue weighted by Gasteiger charge is 2.14. The first-order chi connectivity index (χ1) is 12.3. The highest BCUT2D eigenvalue weighted by Crippen LogP contribution is 2.41. The minimum absolute atomic E-state index is 1.11. The Bertz CT molecular complexity index is 989. The lowest BCUT2D eigenvalue weighted by Gasteiger charge is -2.16. The van der Waals surface area contributed by atoms with Crippen molar-refractivity contribution in [2.45, 2.75) is 0 Å². The molecule has 0 aliphatic carbocycles. The fraction of sp³-hybridized carbons (Fsp3) is 0. The van der Waals surface area contributed by atoms with E-state index in [1.54, 1.807) is 0 Å². The van der Waals surface area contributed by atoms with E-state index in [2.05, 4.69) is 119 Å². The first-order valence-electron chi connectivity index (χ1n) is 8.33. The lowest BCUT2D eigenvalue weighted by Crippen LogP contribution is -1.90. The molecule has 0 nitrogen and oxygen atoms in total. The van der Waals surface area contributed by atoms with Crippen LogP contribution >= 0.6 is 15.9 Å². The molecule has 25 heavy (non-hydrogen) atoms. The molecular weight excluding hydrogens is 368 g/mol. The first-order valence-corrected chi connectivity index (χ1v) is 9.12. The largest absolute Gasteiger partial charge is 0.0622 e. The molecule has 1 heteroatoms. The van der Waals surface area contributed by atoms with Gasteiger partial charge in [0.1, 0.15) is 0 Å². The molecule has 0 saturated heterocycles. The van der Waals surface area contributed by atoms with E-state index in [0.29, 0.717) is 0 Å². The monoisotopic (exact) mass is 384 g/mol. The van der Waals surface area contributed by atoms with Crippen molar-refractivity contribution in [3.05, 3.63) is 108 Å². The number of hydrogen-bond acceptors (Lipinski definition) is 0. The summed E-state index contributed by atoms with van der Waals surface area (Å²) in [6.07, 6.45) is 0. The molecule has 0 fully saturated rings. The smallest absolute Gasteiger partial charge is 0.0259 e. The summed E-state index contributed by atoms with van der Waals surface area (Å²) in [6.45, 7) is 0. The maximum Gasteiger partial charge on any atom is 0.0259 e. The Morgan fingerprint density at radius 2 is 0.920 bits per heavy atom. The van der Waals surface area contributed by atoms with Crippen LogP contribution in [0.5, 0.6) is 0 Å². The second-order valence-electron chi connectivity index (χ2n) is 5.94. The van der Waals surface area contributed by atoms with Crippen molar-refractivity contribution in [2.75, 3.05) is 0 Å². The summed E-state index contributed by atoms with van der Waals surface area (Å²) < 4.78 is 1.11. The summed E-state index contributed by atoms with van der Waals surface area (Å²) in [5.41, 5.74) is 7.41. The Hall–Kier alpha value is -2.64. The zero-order valence-corrected chi connectivity index (χ0v) is 15.3. The Labute approximate surface area is 156 Å². The van der Waals surface area contributed by atoms with Crippen LogP contribution in [0.15, 0.2) is 108 Å². The van der Waals surface area contributed by atoms with E-state index in [9.17, 15) is 0 Å². The van der Waals surface area contributed by atoms with Gasteiger partial charge in [-0.15, -0.1) is 0 Å². The van der Waals surface area contributed by atoms with Gasteiger partial charge in [0.2, 0.25) is 0 Å². The van der Waals surface area contributed by atoms with Crippen LogP contribution in [0.4, 0.5) is 0 Å². The van der Waals surface area contributed by atoms with Gasteiger partial charge in [0, 0.05) is 10.0 Å². The normalized spacial score (nSPS) is 10.6. The van der Waals surface area contributed by atoms with Crippen LogP contribution in [0.2, 0.25) is 0 Å². The minimum Gasteiger partial charge on any atom is -0.0622 e. The summed E-state index contributed by atoms with van der Waals surface area (Å²) in [5.74, 6) is 0. The third kappa shape index (κ3) is 3.16. The molecule has 0 spiro atoms. The SMILES string of the molecule is Brc1cccc(-c2ccccc2-c2ccccc2)c1-c1ccccc1. The van der Waals surface area contributed by atoms with E-state index in [0.717, 1.165) is 4.47 Å². The quantitative estimate of drug-likeness (QED) is 0.344. The summed E-state index contributed by atoms with van der Waals surface area (Å²) in [6, 6.07) is 36.1. The van der Waals surface area contributed by atoms with Crippen LogP contribution in [0, 0.1) is 0 Å². The predicted molar refractivity (Wildman–Crippen MR) is 110 cm³/mol. The Morgan fingerprint density at radius 3 is 1.60 bits per heavy atom. The topological polar surface area (TPSA) is 0 Å².